The smallest absolute Gasteiger partial charge is 0.314 e. The highest BCUT2D eigenvalue weighted by atomic mass is 16.5. The van der Waals surface area contributed by atoms with Crippen LogP contribution >= 0.6 is 0 Å². The van der Waals surface area contributed by atoms with Crippen molar-refractivity contribution in [3.8, 4) is 18.6 Å². The third kappa shape index (κ3) is 8.41. The summed E-state index contributed by atoms with van der Waals surface area (Å²) in [4.78, 5) is 12.1. The fourth-order valence-electron chi connectivity index (χ4n) is 3.58. The Bertz CT molecular complexity index is 740. The standard InChI is InChI=1S/C23H31NO3.C2H2/c1-17(2)22(19-10-7-11-21(25)15-19)12-13-24-16-20(23(26)27-3)14-18-8-5-4-6-9-18;1-2/h4-11,15,17,20,22,24-25H,12-14,16H2,1-3H3;1-2H/p+1/t20-,22?;/m0./s1. The van der Waals surface area contributed by atoms with Gasteiger partial charge in [0.05, 0.1) is 20.2 Å². The molecule has 4 nitrogen and oxygen atoms in total. The maximum atomic E-state index is 12.1. The number of phenolic OH excluding ortho intramolecular Hbond substituents is 1. The van der Waals surface area contributed by atoms with Crippen molar-refractivity contribution in [2.75, 3.05) is 20.2 Å². The van der Waals surface area contributed by atoms with Crippen LogP contribution in [0.5, 0.6) is 5.75 Å². The van der Waals surface area contributed by atoms with E-state index in [1.807, 2.05) is 42.5 Å². The maximum absolute atomic E-state index is 12.1. The fraction of sp³-hybridized carbons (Fsp3) is 0.400. The molecule has 0 saturated heterocycles. The average molecular weight is 397 g/mol. The maximum Gasteiger partial charge on any atom is 0.314 e. The van der Waals surface area contributed by atoms with Crippen molar-refractivity contribution in [1.82, 2.24) is 0 Å². The number of quaternary nitrogens is 1. The number of esters is 1. The summed E-state index contributed by atoms with van der Waals surface area (Å²) in [6.45, 7) is 6.07. The molecule has 0 amide bonds. The lowest BCUT2D eigenvalue weighted by molar-refractivity contribution is -0.659. The van der Waals surface area contributed by atoms with Crippen molar-refractivity contribution in [2.45, 2.75) is 32.6 Å². The number of rotatable bonds is 10. The quantitative estimate of drug-likeness (QED) is 0.368. The van der Waals surface area contributed by atoms with Crippen LogP contribution in [0.25, 0.3) is 0 Å². The number of hydrogen-bond acceptors (Lipinski definition) is 3. The molecule has 0 heterocycles. The number of ether oxygens (including phenoxy) is 1. The second-order valence-corrected chi connectivity index (χ2v) is 7.46. The number of carbonyl (C=O) groups excluding carboxylic acids is 1. The highest BCUT2D eigenvalue weighted by molar-refractivity contribution is 5.72. The van der Waals surface area contributed by atoms with Gasteiger partial charge in [-0.1, -0.05) is 56.3 Å². The Hall–Kier alpha value is -2.77. The van der Waals surface area contributed by atoms with Gasteiger partial charge in [-0.3, -0.25) is 4.79 Å². The monoisotopic (exact) mass is 396 g/mol. The van der Waals surface area contributed by atoms with Crippen LogP contribution in [0.2, 0.25) is 0 Å². The minimum atomic E-state index is -0.150. The van der Waals surface area contributed by atoms with Crippen molar-refractivity contribution < 1.29 is 20.0 Å². The number of phenols is 1. The first-order valence-corrected chi connectivity index (χ1v) is 10.1. The van der Waals surface area contributed by atoms with Gasteiger partial charge in [-0.2, -0.15) is 0 Å². The molecule has 0 aliphatic heterocycles. The summed E-state index contributed by atoms with van der Waals surface area (Å²) in [6, 6.07) is 17.6. The molecule has 0 fully saturated rings. The molecule has 0 aliphatic carbocycles. The second-order valence-electron chi connectivity index (χ2n) is 7.46. The Balaban J connectivity index is 0.00000204. The van der Waals surface area contributed by atoms with Gasteiger partial charge < -0.3 is 15.2 Å². The normalized spacial score (nSPS) is 12.5. The van der Waals surface area contributed by atoms with E-state index in [9.17, 15) is 9.90 Å². The van der Waals surface area contributed by atoms with E-state index < -0.39 is 0 Å². The van der Waals surface area contributed by atoms with Gasteiger partial charge in [0.1, 0.15) is 11.7 Å². The zero-order valence-electron chi connectivity index (χ0n) is 17.8. The Kier molecular flexibility index (Phi) is 11.2. The molecule has 29 heavy (non-hydrogen) atoms. The van der Waals surface area contributed by atoms with Crippen molar-refractivity contribution in [3.63, 3.8) is 0 Å². The molecule has 0 radical (unpaired) electrons. The van der Waals surface area contributed by atoms with E-state index in [1.165, 1.54) is 12.7 Å². The van der Waals surface area contributed by atoms with Crippen molar-refractivity contribution >= 4 is 5.97 Å². The Morgan fingerprint density at radius 3 is 2.38 bits per heavy atom. The Labute approximate surface area is 175 Å². The van der Waals surface area contributed by atoms with Crippen molar-refractivity contribution in [1.29, 1.82) is 0 Å². The highest BCUT2D eigenvalue weighted by Crippen LogP contribution is 2.29. The molecule has 0 aliphatic rings. The molecule has 2 atom stereocenters. The first-order chi connectivity index (χ1) is 14.0. The average Bonchev–Trinajstić information content (AvgIpc) is 2.74. The van der Waals surface area contributed by atoms with Crippen LogP contribution in [0.4, 0.5) is 0 Å². The van der Waals surface area contributed by atoms with Crippen LogP contribution < -0.4 is 5.32 Å². The van der Waals surface area contributed by atoms with Crippen LogP contribution in [0, 0.1) is 24.7 Å². The molecule has 2 aromatic carbocycles. The predicted molar refractivity (Wildman–Crippen MR) is 118 cm³/mol. The number of aromatic hydroxyl groups is 1. The SMILES string of the molecule is C#C.COC(=O)[C@H](C[NH2+]CCC(c1cccc(O)c1)C(C)C)Cc1ccccc1. The summed E-state index contributed by atoms with van der Waals surface area (Å²) in [7, 11) is 1.46. The molecule has 156 valence electrons. The summed E-state index contributed by atoms with van der Waals surface area (Å²) in [6.07, 6.45) is 9.70. The van der Waals surface area contributed by atoms with Crippen molar-refractivity contribution in [2.24, 2.45) is 11.8 Å². The van der Waals surface area contributed by atoms with Crippen LogP contribution in [0.1, 0.15) is 37.3 Å². The lowest BCUT2D eigenvalue weighted by Gasteiger charge is -2.21. The Morgan fingerprint density at radius 2 is 1.79 bits per heavy atom. The summed E-state index contributed by atoms with van der Waals surface area (Å²) in [5.74, 6) is 0.898. The molecular weight excluding hydrogens is 362 g/mol. The van der Waals surface area contributed by atoms with Gasteiger partial charge in [0.2, 0.25) is 0 Å². The van der Waals surface area contributed by atoms with Gasteiger partial charge in [-0.15, -0.1) is 12.8 Å². The second kappa shape index (κ2) is 13.4. The summed E-state index contributed by atoms with van der Waals surface area (Å²) in [5.41, 5.74) is 2.33. The van der Waals surface area contributed by atoms with Gasteiger partial charge in [-0.25, -0.2) is 0 Å². The zero-order valence-corrected chi connectivity index (χ0v) is 17.8. The lowest BCUT2D eigenvalue weighted by atomic mass is 9.85. The number of methoxy groups -OCH3 is 1. The van der Waals surface area contributed by atoms with Crippen molar-refractivity contribution in [3.05, 3.63) is 65.7 Å². The summed E-state index contributed by atoms with van der Waals surface area (Å²) >= 11 is 0. The summed E-state index contributed by atoms with van der Waals surface area (Å²) in [5, 5.41) is 12.0. The van der Waals surface area contributed by atoms with Gasteiger partial charge in [0.15, 0.2) is 0 Å². The number of hydrogen-bond donors (Lipinski definition) is 2. The number of carbonyl (C=O) groups is 1. The first-order valence-electron chi connectivity index (χ1n) is 10.1. The van der Waals surface area contributed by atoms with Crippen LogP contribution in [-0.2, 0) is 16.0 Å². The molecule has 4 heteroatoms. The van der Waals surface area contributed by atoms with Crippen LogP contribution in [-0.4, -0.2) is 31.3 Å². The van der Waals surface area contributed by atoms with E-state index in [0.29, 0.717) is 30.6 Å². The largest absolute Gasteiger partial charge is 0.508 e. The number of terminal acetylenes is 1. The van der Waals surface area contributed by atoms with Gasteiger partial charge in [0.25, 0.3) is 0 Å². The van der Waals surface area contributed by atoms with E-state index in [2.05, 4.69) is 38.1 Å². The van der Waals surface area contributed by atoms with Crippen LogP contribution in [0.15, 0.2) is 54.6 Å². The molecule has 2 rings (SSSR count). The predicted octanol–water partition coefficient (Wildman–Crippen LogP) is 3.37. The molecule has 1 unspecified atom stereocenters. The Morgan fingerprint density at radius 1 is 1.10 bits per heavy atom. The van der Waals surface area contributed by atoms with E-state index >= 15 is 0 Å². The minimum absolute atomic E-state index is 0.143. The lowest BCUT2D eigenvalue weighted by Crippen LogP contribution is -2.86. The zero-order chi connectivity index (χ0) is 21.6. The summed E-state index contributed by atoms with van der Waals surface area (Å²) < 4.78 is 5.00. The van der Waals surface area contributed by atoms with Crippen LogP contribution in [0.3, 0.4) is 0 Å². The third-order valence-corrected chi connectivity index (χ3v) is 5.10. The molecule has 0 saturated carbocycles. The first kappa shape index (κ1) is 24.3. The topological polar surface area (TPSA) is 63.1 Å². The molecule has 3 N–H and O–H groups in total. The molecule has 0 aromatic heterocycles. The number of nitrogens with two attached hydrogens (primary N) is 1. The third-order valence-electron chi connectivity index (χ3n) is 5.10. The fourth-order valence-corrected chi connectivity index (χ4v) is 3.58. The van der Waals surface area contributed by atoms with E-state index in [1.54, 1.807) is 6.07 Å². The molecular formula is C25H34NO3+. The van der Waals surface area contributed by atoms with E-state index in [0.717, 1.165) is 18.5 Å². The molecule has 2 aromatic rings. The molecule has 0 spiro atoms. The number of benzene rings is 2. The van der Waals surface area contributed by atoms with E-state index in [4.69, 9.17) is 4.74 Å². The highest BCUT2D eigenvalue weighted by Gasteiger charge is 2.22. The van der Waals surface area contributed by atoms with Gasteiger partial charge in [0, 0.05) is 6.42 Å². The van der Waals surface area contributed by atoms with E-state index in [-0.39, 0.29) is 11.9 Å². The minimum Gasteiger partial charge on any atom is -0.508 e. The van der Waals surface area contributed by atoms with Gasteiger partial charge in [-0.05, 0) is 41.5 Å². The molecule has 0 bridgehead atoms. The van der Waals surface area contributed by atoms with Gasteiger partial charge >= 0.3 is 5.97 Å².